The molecule has 5 nitrogen and oxygen atoms in total. The van der Waals surface area contributed by atoms with Crippen molar-refractivity contribution in [3.63, 3.8) is 0 Å². The lowest BCUT2D eigenvalue weighted by Gasteiger charge is -2.31. The number of nitrogens with one attached hydrogen (secondary N) is 1. The first-order valence-electron chi connectivity index (χ1n) is 11.8. The van der Waals surface area contributed by atoms with Crippen LogP contribution < -0.4 is 5.56 Å². The molecule has 5 rings (SSSR count). The maximum absolute atomic E-state index is 14.9. The molecule has 1 aliphatic heterocycles. The van der Waals surface area contributed by atoms with Crippen molar-refractivity contribution in [3.8, 4) is 0 Å². The second-order valence-corrected chi connectivity index (χ2v) is 10.2. The van der Waals surface area contributed by atoms with Gasteiger partial charge in [-0.2, -0.15) is 8.78 Å². The highest BCUT2D eigenvalue weighted by molar-refractivity contribution is 6.30. The van der Waals surface area contributed by atoms with Gasteiger partial charge in [0.1, 0.15) is 5.82 Å². The summed E-state index contributed by atoms with van der Waals surface area (Å²) in [5, 5.41) is 0.125. The number of aromatic amines is 1. The molecular formula is C27H26ClF2N3O2. The van der Waals surface area contributed by atoms with Crippen LogP contribution in [0.1, 0.15) is 66.4 Å². The first kappa shape index (κ1) is 23.7. The molecule has 2 aliphatic rings. The van der Waals surface area contributed by atoms with Gasteiger partial charge in [0.25, 0.3) is 11.5 Å². The number of amides is 1. The minimum absolute atomic E-state index is 0.0632. The number of fused-ring (bicyclic) bond motifs is 1. The van der Waals surface area contributed by atoms with Gasteiger partial charge in [-0.3, -0.25) is 9.59 Å². The van der Waals surface area contributed by atoms with Crippen molar-refractivity contribution in [2.45, 2.75) is 56.9 Å². The van der Waals surface area contributed by atoms with Crippen molar-refractivity contribution in [1.82, 2.24) is 14.9 Å². The van der Waals surface area contributed by atoms with E-state index in [1.165, 1.54) is 23.8 Å². The Hall–Kier alpha value is -3.06. The van der Waals surface area contributed by atoms with E-state index in [-0.39, 0.29) is 41.1 Å². The lowest BCUT2D eigenvalue weighted by Crippen LogP contribution is -2.46. The Morgan fingerprint density at radius 3 is 2.60 bits per heavy atom. The fourth-order valence-electron chi connectivity index (χ4n) is 4.81. The molecule has 3 aromatic rings. The van der Waals surface area contributed by atoms with Gasteiger partial charge < -0.3 is 9.88 Å². The van der Waals surface area contributed by atoms with E-state index in [1.807, 2.05) is 6.07 Å². The summed E-state index contributed by atoms with van der Waals surface area (Å²) >= 11 is 5.84. The van der Waals surface area contributed by atoms with Gasteiger partial charge in [-0.15, -0.1) is 0 Å². The van der Waals surface area contributed by atoms with Crippen LogP contribution >= 0.6 is 11.6 Å². The number of benzene rings is 2. The number of hydrogen-bond donors (Lipinski definition) is 1. The maximum Gasteiger partial charge on any atom is 0.350 e. The van der Waals surface area contributed by atoms with Gasteiger partial charge in [-0.05, 0) is 42.0 Å². The van der Waals surface area contributed by atoms with E-state index in [0.717, 1.165) is 29.4 Å². The van der Waals surface area contributed by atoms with Gasteiger partial charge in [-0.25, -0.2) is 4.98 Å². The Morgan fingerprint density at radius 2 is 1.91 bits per heavy atom. The highest BCUT2D eigenvalue weighted by Gasteiger charge is 2.49. The molecule has 182 valence electrons. The predicted molar refractivity (Wildman–Crippen MR) is 130 cm³/mol. The van der Waals surface area contributed by atoms with E-state index in [9.17, 15) is 18.4 Å². The Labute approximate surface area is 207 Å². The van der Waals surface area contributed by atoms with Crippen LogP contribution in [0.15, 0.2) is 53.3 Å². The summed E-state index contributed by atoms with van der Waals surface area (Å²) in [6, 6.07) is 13.5. The van der Waals surface area contributed by atoms with E-state index >= 15 is 0 Å². The van der Waals surface area contributed by atoms with E-state index < -0.39 is 17.4 Å². The summed E-state index contributed by atoms with van der Waals surface area (Å²) in [5.74, 6) is -4.10. The van der Waals surface area contributed by atoms with Crippen molar-refractivity contribution in [2.24, 2.45) is 0 Å². The number of aromatic nitrogens is 2. The minimum Gasteiger partial charge on any atom is -0.332 e. The SMILES string of the molecule is CC(C)c1cccc(C2(c3nc4c(c(=O)[nH]3)CN(C(=O)C(F)(F)c3cccc(Cl)c3)CC4)CC2)c1. The van der Waals surface area contributed by atoms with Crippen LogP contribution in [-0.2, 0) is 29.1 Å². The third kappa shape index (κ3) is 4.16. The number of carbonyl (C=O) groups is 1. The average molecular weight is 498 g/mol. The highest BCUT2D eigenvalue weighted by Crippen LogP contribution is 2.52. The van der Waals surface area contributed by atoms with Crippen molar-refractivity contribution in [3.05, 3.63) is 97.7 Å². The Kier molecular flexibility index (Phi) is 5.79. The van der Waals surface area contributed by atoms with Crippen LogP contribution in [-0.4, -0.2) is 27.3 Å². The number of alkyl halides is 2. The fraction of sp³-hybridized carbons (Fsp3) is 0.370. The average Bonchev–Trinajstić information content (AvgIpc) is 3.65. The largest absolute Gasteiger partial charge is 0.350 e. The Balaban J connectivity index is 1.42. The fourth-order valence-corrected chi connectivity index (χ4v) is 5.00. The van der Waals surface area contributed by atoms with Gasteiger partial charge >= 0.3 is 5.92 Å². The van der Waals surface area contributed by atoms with Crippen molar-refractivity contribution in [2.75, 3.05) is 6.54 Å². The first-order chi connectivity index (χ1) is 16.6. The number of hydrogen-bond acceptors (Lipinski definition) is 3. The number of nitrogens with zero attached hydrogens (tertiary/aromatic N) is 2. The monoisotopic (exact) mass is 497 g/mol. The molecular weight excluding hydrogens is 472 g/mol. The summed E-state index contributed by atoms with van der Waals surface area (Å²) < 4.78 is 29.9. The highest BCUT2D eigenvalue weighted by atomic mass is 35.5. The number of rotatable bonds is 5. The van der Waals surface area contributed by atoms with E-state index in [1.54, 1.807) is 0 Å². The first-order valence-corrected chi connectivity index (χ1v) is 12.2. The zero-order chi connectivity index (χ0) is 25.0. The van der Waals surface area contributed by atoms with Gasteiger partial charge in [0.05, 0.1) is 23.2 Å². The molecule has 0 unspecified atom stereocenters. The molecule has 1 saturated carbocycles. The molecule has 2 aromatic carbocycles. The summed E-state index contributed by atoms with van der Waals surface area (Å²) in [5.41, 5.74) is 2.02. The van der Waals surface area contributed by atoms with Gasteiger partial charge in [0, 0.05) is 23.6 Å². The molecule has 0 saturated heterocycles. The standard InChI is InChI=1S/C27H26ClF2N3O2/c1-16(2)17-5-3-6-18(13-17)26(10-11-26)24-31-22-9-12-33(15-21(22)23(34)32-24)25(35)27(29,30)19-7-4-8-20(28)14-19/h3-8,13-14,16H,9-12,15H2,1-2H3,(H,31,32,34). The van der Waals surface area contributed by atoms with Crippen molar-refractivity contribution >= 4 is 17.5 Å². The maximum atomic E-state index is 14.9. The van der Waals surface area contributed by atoms with E-state index in [2.05, 4.69) is 37.0 Å². The molecule has 1 aromatic heterocycles. The van der Waals surface area contributed by atoms with Crippen LogP contribution in [0.3, 0.4) is 0 Å². The molecule has 1 N–H and O–H groups in total. The van der Waals surface area contributed by atoms with Crippen LogP contribution in [0.25, 0.3) is 0 Å². The molecule has 1 amide bonds. The van der Waals surface area contributed by atoms with Crippen molar-refractivity contribution in [1.29, 1.82) is 0 Å². The summed E-state index contributed by atoms with van der Waals surface area (Å²) in [6.07, 6.45) is 2.01. The molecule has 8 heteroatoms. The van der Waals surface area contributed by atoms with E-state index in [0.29, 0.717) is 17.4 Å². The molecule has 0 spiro atoms. The second-order valence-electron chi connectivity index (χ2n) is 9.76. The lowest BCUT2D eigenvalue weighted by molar-refractivity contribution is -0.160. The van der Waals surface area contributed by atoms with E-state index in [4.69, 9.17) is 16.6 Å². The minimum atomic E-state index is -3.75. The second kappa shape index (κ2) is 8.55. The third-order valence-electron chi connectivity index (χ3n) is 7.12. The molecule has 35 heavy (non-hydrogen) atoms. The molecule has 1 aliphatic carbocycles. The Bertz CT molecular complexity index is 1360. The number of H-pyrrole nitrogens is 1. The topological polar surface area (TPSA) is 66.1 Å². The number of carbonyl (C=O) groups excluding carboxylic acids is 1. The number of halogens is 3. The Morgan fingerprint density at radius 1 is 1.17 bits per heavy atom. The predicted octanol–water partition coefficient (Wildman–Crippen LogP) is 5.30. The molecule has 2 heterocycles. The van der Waals surface area contributed by atoms with Gasteiger partial charge in [0.15, 0.2) is 0 Å². The summed E-state index contributed by atoms with van der Waals surface area (Å²) in [7, 11) is 0. The van der Waals surface area contributed by atoms with Crippen LogP contribution in [0.5, 0.6) is 0 Å². The third-order valence-corrected chi connectivity index (χ3v) is 7.36. The smallest absolute Gasteiger partial charge is 0.332 e. The normalized spacial score (nSPS) is 16.8. The zero-order valence-electron chi connectivity index (χ0n) is 19.6. The molecule has 0 radical (unpaired) electrons. The molecule has 0 bridgehead atoms. The van der Waals surface area contributed by atoms with Crippen molar-refractivity contribution < 1.29 is 13.6 Å². The van der Waals surface area contributed by atoms with Gasteiger partial charge in [-0.1, -0.05) is 61.8 Å². The van der Waals surface area contributed by atoms with Gasteiger partial charge in [0.2, 0.25) is 0 Å². The lowest BCUT2D eigenvalue weighted by atomic mass is 9.90. The summed E-state index contributed by atoms with van der Waals surface area (Å²) in [6.45, 7) is 4.14. The molecule has 1 fully saturated rings. The quantitative estimate of drug-likeness (QED) is 0.520. The van der Waals surface area contributed by atoms with Crippen LogP contribution in [0.4, 0.5) is 8.78 Å². The van der Waals surface area contributed by atoms with Crippen LogP contribution in [0.2, 0.25) is 5.02 Å². The zero-order valence-corrected chi connectivity index (χ0v) is 20.3. The summed E-state index contributed by atoms with van der Waals surface area (Å²) in [4.78, 5) is 34.5. The molecule has 0 atom stereocenters. The van der Waals surface area contributed by atoms with Crippen LogP contribution in [0, 0.1) is 0 Å².